The summed E-state index contributed by atoms with van der Waals surface area (Å²) in [6.45, 7) is 6.58. The lowest BCUT2D eigenvalue weighted by Crippen LogP contribution is -2.38. The summed E-state index contributed by atoms with van der Waals surface area (Å²) in [7, 11) is 0. The molecule has 2 aromatic rings. The Morgan fingerprint density at radius 3 is 2.23 bits per heavy atom. The second-order valence-electron chi connectivity index (χ2n) is 8.78. The molecule has 1 aliphatic carbocycles. The van der Waals surface area contributed by atoms with Crippen molar-refractivity contribution in [2.75, 3.05) is 0 Å². The number of rotatable bonds is 7. The lowest BCUT2D eigenvalue weighted by atomic mass is 9.75. The van der Waals surface area contributed by atoms with Crippen molar-refractivity contribution in [3.8, 4) is 0 Å². The van der Waals surface area contributed by atoms with Crippen LogP contribution >= 0.6 is 0 Å². The summed E-state index contributed by atoms with van der Waals surface area (Å²) in [4.78, 5) is 26.4. The van der Waals surface area contributed by atoms with E-state index < -0.39 is 11.9 Å². The van der Waals surface area contributed by atoms with Crippen LogP contribution < -0.4 is 0 Å². The number of hydrogen-bond acceptors (Lipinski definition) is 3. The second kappa shape index (κ2) is 10.4. The van der Waals surface area contributed by atoms with Crippen molar-refractivity contribution < 1.29 is 14.3 Å². The van der Waals surface area contributed by atoms with Gasteiger partial charge >= 0.3 is 5.97 Å². The van der Waals surface area contributed by atoms with E-state index in [0.717, 1.165) is 24.8 Å². The van der Waals surface area contributed by atoms with Crippen LogP contribution in [0.2, 0.25) is 0 Å². The Hall–Kier alpha value is -2.68. The second-order valence-corrected chi connectivity index (χ2v) is 8.78. The molecular formula is C27H32O3. The summed E-state index contributed by atoms with van der Waals surface area (Å²) in [6, 6.07) is 18.7. The van der Waals surface area contributed by atoms with Gasteiger partial charge in [-0.25, -0.2) is 0 Å². The molecule has 0 saturated heterocycles. The molecule has 0 aromatic heterocycles. The molecule has 3 heteroatoms. The van der Waals surface area contributed by atoms with E-state index >= 15 is 0 Å². The van der Waals surface area contributed by atoms with E-state index in [9.17, 15) is 9.59 Å². The number of ketones is 1. The maximum Gasteiger partial charge on any atom is 0.321 e. The molecule has 158 valence electrons. The van der Waals surface area contributed by atoms with Crippen molar-refractivity contribution in [3.05, 3.63) is 77.9 Å². The highest BCUT2D eigenvalue weighted by Crippen LogP contribution is 2.36. The van der Waals surface area contributed by atoms with E-state index in [2.05, 4.69) is 20.8 Å². The summed E-state index contributed by atoms with van der Waals surface area (Å²) in [5, 5.41) is 0. The van der Waals surface area contributed by atoms with Crippen molar-refractivity contribution in [1.29, 1.82) is 0 Å². The quantitative estimate of drug-likeness (QED) is 0.313. The summed E-state index contributed by atoms with van der Waals surface area (Å²) in [5.74, 6) is -0.300. The number of carbonyl (C=O) groups is 2. The Balaban J connectivity index is 1.84. The first-order valence-electron chi connectivity index (χ1n) is 11.0. The van der Waals surface area contributed by atoms with Gasteiger partial charge in [0.1, 0.15) is 12.0 Å². The predicted octanol–water partition coefficient (Wildman–Crippen LogP) is 6.20. The summed E-state index contributed by atoms with van der Waals surface area (Å²) >= 11 is 0. The first-order valence-corrected chi connectivity index (χ1v) is 11.0. The van der Waals surface area contributed by atoms with Gasteiger partial charge in [-0.15, -0.1) is 0 Å². The van der Waals surface area contributed by atoms with Crippen LogP contribution in [-0.4, -0.2) is 17.9 Å². The van der Waals surface area contributed by atoms with Gasteiger partial charge in [0.2, 0.25) is 0 Å². The van der Waals surface area contributed by atoms with Gasteiger partial charge in [-0.2, -0.15) is 0 Å². The highest BCUT2D eigenvalue weighted by Gasteiger charge is 2.36. The average molecular weight is 405 g/mol. The Kier molecular flexibility index (Phi) is 7.62. The van der Waals surface area contributed by atoms with Gasteiger partial charge < -0.3 is 4.74 Å². The zero-order valence-corrected chi connectivity index (χ0v) is 18.2. The number of benzene rings is 2. The third kappa shape index (κ3) is 5.69. The molecule has 30 heavy (non-hydrogen) atoms. The van der Waals surface area contributed by atoms with Crippen LogP contribution in [0.25, 0.3) is 6.08 Å². The first-order chi connectivity index (χ1) is 14.5. The normalized spacial score (nSPS) is 22.7. The first kappa shape index (κ1) is 22.0. The van der Waals surface area contributed by atoms with Crippen LogP contribution in [0.15, 0.2) is 66.7 Å². The molecule has 3 nitrogen and oxygen atoms in total. The van der Waals surface area contributed by atoms with Gasteiger partial charge in [0.25, 0.3) is 0 Å². The van der Waals surface area contributed by atoms with Crippen LogP contribution in [0.4, 0.5) is 0 Å². The molecule has 3 rings (SSSR count). The number of Topliss-reactive ketones (excluding diaryl/α,β-unsaturated/α-hetero) is 1. The van der Waals surface area contributed by atoms with Gasteiger partial charge in [0, 0.05) is 5.56 Å². The highest BCUT2D eigenvalue weighted by molar-refractivity contribution is 6.10. The average Bonchev–Trinajstić information content (AvgIpc) is 2.75. The monoisotopic (exact) mass is 404 g/mol. The van der Waals surface area contributed by atoms with Gasteiger partial charge in [0.15, 0.2) is 5.78 Å². The minimum absolute atomic E-state index is 0.127. The molecule has 0 bridgehead atoms. The van der Waals surface area contributed by atoms with E-state index in [1.54, 1.807) is 18.2 Å². The summed E-state index contributed by atoms with van der Waals surface area (Å²) in [6.07, 6.45) is 6.48. The number of ether oxygens (including phenoxy) is 1. The van der Waals surface area contributed by atoms with Crippen LogP contribution in [0, 0.1) is 23.7 Å². The Bertz CT molecular complexity index is 854. The molecule has 0 unspecified atom stereocenters. The lowest BCUT2D eigenvalue weighted by Gasteiger charge is -2.37. The standard InChI is InChI=1S/C27H32O3/c1-19(2)23-16-14-20(3)18-25(23)30-27(29)24(17-15-21-10-6-4-7-11-21)26(28)22-12-8-5-9-13-22/h4-13,15,17,19-20,23-25H,14,16,18H2,1-3H3/b17-15+/t20-,23+,24+,25-/m1/s1. The van der Waals surface area contributed by atoms with E-state index in [-0.39, 0.29) is 11.9 Å². The Morgan fingerprint density at radius 1 is 0.967 bits per heavy atom. The molecule has 1 saturated carbocycles. The maximum atomic E-state index is 13.2. The van der Waals surface area contributed by atoms with Crippen molar-refractivity contribution in [2.45, 2.75) is 46.1 Å². The molecule has 1 fully saturated rings. The van der Waals surface area contributed by atoms with Crippen LogP contribution in [0.5, 0.6) is 0 Å². The van der Waals surface area contributed by atoms with Gasteiger partial charge in [0.05, 0.1) is 0 Å². The molecule has 4 atom stereocenters. The fourth-order valence-corrected chi connectivity index (χ4v) is 4.30. The third-order valence-corrected chi connectivity index (χ3v) is 6.10. The molecule has 0 aliphatic heterocycles. The smallest absolute Gasteiger partial charge is 0.321 e. The zero-order chi connectivity index (χ0) is 21.5. The fourth-order valence-electron chi connectivity index (χ4n) is 4.30. The fraction of sp³-hybridized carbons (Fsp3) is 0.407. The zero-order valence-electron chi connectivity index (χ0n) is 18.2. The minimum Gasteiger partial charge on any atom is -0.461 e. The van der Waals surface area contributed by atoms with E-state index in [4.69, 9.17) is 4.74 Å². The summed E-state index contributed by atoms with van der Waals surface area (Å²) < 4.78 is 6.02. The molecular weight excluding hydrogens is 372 g/mol. The molecule has 0 spiro atoms. The van der Waals surface area contributed by atoms with Gasteiger partial charge in [-0.3, -0.25) is 9.59 Å². The van der Waals surface area contributed by atoms with Crippen LogP contribution in [-0.2, 0) is 9.53 Å². The molecule has 0 radical (unpaired) electrons. The number of esters is 1. The maximum absolute atomic E-state index is 13.2. The van der Waals surface area contributed by atoms with E-state index in [0.29, 0.717) is 23.3 Å². The third-order valence-electron chi connectivity index (χ3n) is 6.10. The molecule has 0 amide bonds. The van der Waals surface area contributed by atoms with Gasteiger partial charge in [-0.05, 0) is 36.2 Å². The minimum atomic E-state index is -0.947. The Labute approximate surface area is 180 Å². The SMILES string of the molecule is CC(C)[C@@H]1CC[C@@H](C)C[C@H]1OC(=O)[C@@H](/C=C/c1ccccc1)C(=O)c1ccccc1. The van der Waals surface area contributed by atoms with E-state index in [1.807, 2.05) is 54.6 Å². The highest BCUT2D eigenvalue weighted by atomic mass is 16.5. The Morgan fingerprint density at radius 2 is 1.60 bits per heavy atom. The number of carbonyl (C=O) groups excluding carboxylic acids is 2. The largest absolute Gasteiger partial charge is 0.461 e. The topological polar surface area (TPSA) is 43.4 Å². The van der Waals surface area contributed by atoms with Crippen LogP contribution in [0.3, 0.4) is 0 Å². The van der Waals surface area contributed by atoms with Crippen molar-refractivity contribution in [3.63, 3.8) is 0 Å². The number of hydrogen-bond donors (Lipinski definition) is 0. The van der Waals surface area contributed by atoms with Crippen molar-refractivity contribution in [2.24, 2.45) is 23.7 Å². The molecule has 2 aromatic carbocycles. The van der Waals surface area contributed by atoms with Gasteiger partial charge in [-0.1, -0.05) is 100 Å². The van der Waals surface area contributed by atoms with Crippen molar-refractivity contribution in [1.82, 2.24) is 0 Å². The van der Waals surface area contributed by atoms with Crippen LogP contribution in [0.1, 0.15) is 56.0 Å². The molecule has 0 heterocycles. The predicted molar refractivity (Wildman–Crippen MR) is 121 cm³/mol. The lowest BCUT2D eigenvalue weighted by molar-refractivity contribution is -0.157. The van der Waals surface area contributed by atoms with E-state index in [1.165, 1.54) is 0 Å². The van der Waals surface area contributed by atoms with Crippen molar-refractivity contribution >= 4 is 17.8 Å². The summed E-state index contributed by atoms with van der Waals surface area (Å²) in [5.41, 5.74) is 1.47. The molecule has 0 N–H and O–H groups in total. The molecule has 1 aliphatic rings.